The minimum atomic E-state index is -0.476. The second-order valence-corrected chi connectivity index (χ2v) is 7.34. The second-order valence-electron chi connectivity index (χ2n) is 7.34. The number of hydrogen-bond acceptors (Lipinski definition) is 3. The van der Waals surface area contributed by atoms with Crippen molar-refractivity contribution in [2.45, 2.75) is 43.2 Å². The Bertz CT molecular complexity index is 678. The summed E-state index contributed by atoms with van der Waals surface area (Å²) >= 11 is 0. The third-order valence-corrected chi connectivity index (χ3v) is 6.27. The summed E-state index contributed by atoms with van der Waals surface area (Å²) in [6.45, 7) is 0.0567. The molecule has 5 rings (SSSR count). The molecule has 3 aliphatic rings. The van der Waals surface area contributed by atoms with Crippen LogP contribution in [0.5, 0.6) is 0 Å². The molecular weight excluding hydrogens is 298 g/mol. The van der Waals surface area contributed by atoms with Crippen LogP contribution in [0.4, 0.5) is 0 Å². The molecule has 124 valence electrons. The van der Waals surface area contributed by atoms with Crippen LogP contribution < -0.4 is 0 Å². The van der Waals surface area contributed by atoms with Gasteiger partial charge in [-0.1, -0.05) is 60.7 Å². The monoisotopic (exact) mass is 321 g/mol. The van der Waals surface area contributed by atoms with Crippen molar-refractivity contribution in [3.63, 3.8) is 0 Å². The molecule has 1 unspecified atom stereocenters. The van der Waals surface area contributed by atoms with Crippen molar-refractivity contribution in [3.05, 3.63) is 71.8 Å². The normalized spacial score (nSPS) is 33.7. The van der Waals surface area contributed by atoms with Crippen LogP contribution in [-0.4, -0.2) is 34.9 Å². The van der Waals surface area contributed by atoms with Crippen molar-refractivity contribution in [1.82, 2.24) is 4.90 Å². The summed E-state index contributed by atoms with van der Waals surface area (Å²) in [5.74, 6) is 0.645. The lowest BCUT2D eigenvalue weighted by Gasteiger charge is -2.39. The Balaban J connectivity index is 1.73. The number of fused-ring (bicyclic) bond motifs is 5. The fourth-order valence-corrected chi connectivity index (χ4v) is 5.47. The largest absolute Gasteiger partial charge is 0.392 e. The van der Waals surface area contributed by atoms with Gasteiger partial charge in [0, 0.05) is 6.04 Å². The van der Waals surface area contributed by atoms with Crippen LogP contribution in [0.2, 0.25) is 0 Å². The van der Waals surface area contributed by atoms with Gasteiger partial charge < -0.3 is 9.84 Å². The topological polar surface area (TPSA) is 32.7 Å². The van der Waals surface area contributed by atoms with Crippen LogP contribution in [0.25, 0.3) is 0 Å². The number of piperidine rings is 1. The molecule has 0 radical (unpaired) electrons. The zero-order valence-corrected chi connectivity index (χ0v) is 13.7. The molecule has 3 fully saturated rings. The van der Waals surface area contributed by atoms with E-state index in [2.05, 4.69) is 65.6 Å². The molecule has 2 saturated heterocycles. The first-order chi connectivity index (χ1) is 11.8. The van der Waals surface area contributed by atoms with Gasteiger partial charge in [0.1, 0.15) is 11.8 Å². The van der Waals surface area contributed by atoms with Crippen LogP contribution in [0.3, 0.4) is 0 Å². The standard InChI is InChI=1S/C21H23NO2/c23-14-19-22-18-12-11-15(13-18)20(22)21(24-19,16-7-3-1-4-8-16)17-9-5-2-6-10-17/h1-10,15,18-20,23H,11-14H2/t15-,18+,19+,20?/m0/s1. The molecule has 3 nitrogen and oxygen atoms in total. The first-order valence-electron chi connectivity index (χ1n) is 9.02. The highest BCUT2D eigenvalue weighted by atomic mass is 16.6. The fraction of sp³-hybridized carbons (Fsp3) is 0.429. The molecule has 2 bridgehead atoms. The van der Waals surface area contributed by atoms with Crippen molar-refractivity contribution < 1.29 is 9.84 Å². The highest BCUT2D eigenvalue weighted by Gasteiger charge is 2.64. The number of benzene rings is 2. The third-order valence-electron chi connectivity index (χ3n) is 6.27. The van der Waals surface area contributed by atoms with E-state index >= 15 is 0 Å². The maximum absolute atomic E-state index is 10.0. The number of rotatable bonds is 3. The summed E-state index contributed by atoms with van der Waals surface area (Å²) in [6.07, 6.45) is 3.55. The summed E-state index contributed by atoms with van der Waals surface area (Å²) < 4.78 is 6.69. The van der Waals surface area contributed by atoms with Crippen molar-refractivity contribution in [1.29, 1.82) is 0 Å². The smallest absolute Gasteiger partial charge is 0.136 e. The lowest BCUT2D eigenvalue weighted by Crippen LogP contribution is -2.48. The maximum atomic E-state index is 10.0. The van der Waals surface area contributed by atoms with E-state index in [4.69, 9.17) is 4.74 Å². The van der Waals surface area contributed by atoms with Gasteiger partial charge >= 0.3 is 0 Å². The van der Waals surface area contributed by atoms with Crippen LogP contribution in [0.1, 0.15) is 30.4 Å². The second kappa shape index (κ2) is 5.41. The predicted molar refractivity (Wildman–Crippen MR) is 92.4 cm³/mol. The molecule has 2 aromatic rings. The van der Waals surface area contributed by atoms with E-state index in [-0.39, 0.29) is 12.8 Å². The molecule has 3 heteroatoms. The van der Waals surface area contributed by atoms with Crippen LogP contribution >= 0.6 is 0 Å². The lowest BCUT2D eigenvalue weighted by atomic mass is 9.75. The minimum absolute atomic E-state index is 0.0567. The Morgan fingerprint density at radius 2 is 1.58 bits per heavy atom. The van der Waals surface area contributed by atoms with Gasteiger partial charge in [0.2, 0.25) is 0 Å². The Hall–Kier alpha value is -1.68. The summed E-state index contributed by atoms with van der Waals surface area (Å²) in [5.41, 5.74) is 1.93. The molecule has 2 aliphatic heterocycles. The van der Waals surface area contributed by atoms with Crippen LogP contribution in [0, 0.1) is 5.92 Å². The molecule has 1 N–H and O–H groups in total. The predicted octanol–water partition coefficient (Wildman–Crippen LogP) is 3.13. The van der Waals surface area contributed by atoms with Crippen molar-refractivity contribution in [3.8, 4) is 0 Å². The van der Waals surface area contributed by atoms with E-state index in [1.165, 1.54) is 30.4 Å². The van der Waals surface area contributed by atoms with Crippen LogP contribution in [0.15, 0.2) is 60.7 Å². The van der Waals surface area contributed by atoms with Gasteiger partial charge in [-0.3, -0.25) is 4.90 Å². The Labute approximate surface area is 142 Å². The maximum Gasteiger partial charge on any atom is 0.136 e. The summed E-state index contributed by atoms with van der Waals surface area (Å²) in [6, 6.07) is 22.1. The zero-order chi connectivity index (χ0) is 16.1. The number of ether oxygens (including phenoxy) is 1. The van der Waals surface area contributed by atoms with Crippen LogP contribution in [-0.2, 0) is 10.3 Å². The quantitative estimate of drug-likeness (QED) is 0.943. The van der Waals surface area contributed by atoms with E-state index in [1.54, 1.807) is 0 Å². The number of aliphatic hydroxyl groups excluding tert-OH is 1. The van der Waals surface area contributed by atoms with Gasteiger partial charge in [-0.25, -0.2) is 0 Å². The van der Waals surface area contributed by atoms with Crippen molar-refractivity contribution in [2.75, 3.05) is 6.61 Å². The lowest BCUT2D eigenvalue weighted by molar-refractivity contribution is -0.0749. The first-order valence-corrected chi connectivity index (χ1v) is 9.02. The van der Waals surface area contributed by atoms with Crippen molar-refractivity contribution >= 4 is 0 Å². The molecule has 24 heavy (non-hydrogen) atoms. The number of hydrogen-bond donors (Lipinski definition) is 1. The Morgan fingerprint density at radius 3 is 2.17 bits per heavy atom. The fourth-order valence-electron chi connectivity index (χ4n) is 5.47. The molecule has 0 spiro atoms. The highest BCUT2D eigenvalue weighted by molar-refractivity contribution is 5.41. The molecule has 2 aromatic carbocycles. The number of aliphatic hydroxyl groups is 1. The van der Waals surface area contributed by atoms with E-state index < -0.39 is 5.60 Å². The number of nitrogens with zero attached hydrogens (tertiary/aromatic N) is 1. The summed E-state index contributed by atoms with van der Waals surface area (Å²) in [7, 11) is 0. The summed E-state index contributed by atoms with van der Waals surface area (Å²) in [4.78, 5) is 2.48. The van der Waals surface area contributed by atoms with E-state index in [1.807, 2.05) is 0 Å². The molecular formula is C21H23NO2. The zero-order valence-electron chi connectivity index (χ0n) is 13.7. The third kappa shape index (κ3) is 1.83. The molecule has 4 atom stereocenters. The molecule has 1 saturated carbocycles. The Morgan fingerprint density at radius 1 is 0.958 bits per heavy atom. The van der Waals surface area contributed by atoms with Gasteiger partial charge in [-0.15, -0.1) is 0 Å². The van der Waals surface area contributed by atoms with Gasteiger partial charge in [-0.05, 0) is 36.3 Å². The van der Waals surface area contributed by atoms with Gasteiger partial charge in [0.05, 0.1) is 12.6 Å². The SMILES string of the molecule is OC[C@H]1OC(c2ccccc2)(c2ccccc2)C2[C@H]3CC[C@H](C3)N21. The molecule has 0 aromatic heterocycles. The first kappa shape index (κ1) is 14.6. The van der Waals surface area contributed by atoms with E-state index in [9.17, 15) is 5.11 Å². The molecule has 2 heterocycles. The van der Waals surface area contributed by atoms with E-state index in [0.717, 1.165) is 0 Å². The molecule has 0 amide bonds. The molecule has 1 aliphatic carbocycles. The van der Waals surface area contributed by atoms with Crippen molar-refractivity contribution in [2.24, 2.45) is 5.92 Å². The summed E-state index contributed by atoms with van der Waals surface area (Å²) in [5, 5.41) is 10.0. The van der Waals surface area contributed by atoms with E-state index in [0.29, 0.717) is 18.0 Å². The van der Waals surface area contributed by atoms with Gasteiger partial charge in [0.15, 0.2) is 0 Å². The van der Waals surface area contributed by atoms with Gasteiger partial charge in [0.25, 0.3) is 0 Å². The van der Waals surface area contributed by atoms with Gasteiger partial charge in [-0.2, -0.15) is 0 Å². The highest BCUT2D eigenvalue weighted by Crippen LogP contribution is 2.58. The minimum Gasteiger partial charge on any atom is -0.392 e. The average molecular weight is 321 g/mol. The Kier molecular flexibility index (Phi) is 3.30. The average Bonchev–Trinajstić information content (AvgIpc) is 3.35.